The van der Waals surface area contributed by atoms with E-state index in [1.807, 2.05) is 60.7 Å². The summed E-state index contributed by atoms with van der Waals surface area (Å²) in [5.41, 5.74) is 3.94. The molecule has 32 heavy (non-hydrogen) atoms. The molecule has 0 aromatic heterocycles. The molecule has 1 heterocycles. The predicted octanol–water partition coefficient (Wildman–Crippen LogP) is 5.73. The van der Waals surface area contributed by atoms with Gasteiger partial charge in [0.15, 0.2) is 5.17 Å². The fraction of sp³-hybridized carbons (Fsp3) is 0.154. The monoisotopic (exact) mass is 446 g/mol. The molecule has 0 amide bonds. The summed E-state index contributed by atoms with van der Waals surface area (Å²) in [5.74, 6) is -0.0341. The Morgan fingerprint density at radius 3 is 2.31 bits per heavy atom. The molecule has 3 aromatic rings. The van der Waals surface area contributed by atoms with Crippen LogP contribution in [0.3, 0.4) is 0 Å². The van der Waals surface area contributed by atoms with Gasteiger partial charge in [0, 0.05) is 5.75 Å². The number of esters is 1. The van der Waals surface area contributed by atoms with E-state index in [9.17, 15) is 9.18 Å². The number of halogens is 1. The summed E-state index contributed by atoms with van der Waals surface area (Å²) in [5, 5.41) is 4.05. The lowest BCUT2D eigenvalue weighted by atomic mass is 9.94. The van der Waals surface area contributed by atoms with Crippen LogP contribution in [-0.4, -0.2) is 17.7 Å². The van der Waals surface area contributed by atoms with Gasteiger partial charge in [0.1, 0.15) is 11.9 Å². The van der Waals surface area contributed by atoms with Gasteiger partial charge in [-0.2, -0.15) is 0 Å². The summed E-state index contributed by atoms with van der Waals surface area (Å²) in [6.45, 7) is 2.07. The summed E-state index contributed by atoms with van der Waals surface area (Å²) in [6, 6.07) is 25.4. The Morgan fingerprint density at radius 1 is 1.00 bits per heavy atom. The summed E-state index contributed by atoms with van der Waals surface area (Å²) >= 11 is 1.51. The van der Waals surface area contributed by atoms with E-state index in [-0.39, 0.29) is 18.4 Å². The summed E-state index contributed by atoms with van der Waals surface area (Å²) in [4.78, 5) is 17.9. The van der Waals surface area contributed by atoms with Gasteiger partial charge in [0.2, 0.25) is 0 Å². The Bertz CT molecular complexity index is 1130. The maximum absolute atomic E-state index is 13.2. The highest BCUT2D eigenvalue weighted by Gasteiger charge is 2.32. The molecule has 6 heteroatoms. The third kappa shape index (κ3) is 5.08. The standard InChI is InChI=1S/C26H23FN2O2S/c1-2-31-25(30)22-23(19-9-5-3-6-10-19)28-26(29-24(22)20-11-7-4-8-12-20)32-17-18-13-15-21(27)16-14-18/h3-16,23H,2,17H2,1H3,(H,28,29)/t23-/m1/s1. The maximum Gasteiger partial charge on any atom is 0.338 e. The van der Waals surface area contributed by atoms with Crippen molar-refractivity contribution in [1.29, 1.82) is 0 Å². The van der Waals surface area contributed by atoms with Gasteiger partial charge in [0.25, 0.3) is 0 Å². The van der Waals surface area contributed by atoms with E-state index in [1.165, 1.54) is 23.9 Å². The predicted molar refractivity (Wildman–Crippen MR) is 127 cm³/mol. The minimum Gasteiger partial charge on any atom is -0.463 e. The van der Waals surface area contributed by atoms with Gasteiger partial charge in [-0.25, -0.2) is 14.2 Å². The molecule has 0 radical (unpaired) electrons. The first kappa shape index (κ1) is 21.8. The van der Waals surface area contributed by atoms with Gasteiger partial charge < -0.3 is 10.1 Å². The molecule has 0 spiro atoms. The molecule has 4 nitrogen and oxygen atoms in total. The van der Waals surface area contributed by atoms with Crippen LogP contribution in [0.2, 0.25) is 0 Å². The summed E-state index contributed by atoms with van der Waals surface area (Å²) < 4.78 is 18.7. The molecule has 1 N–H and O–H groups in total. The highest BCUT2D eigenvalue weighted by atomic mass is 32.2. The van der Waals surface area contributed by atoms with E-state index in [0.717, 1.165) is 16.7 Å². The van der Waals surface area contributed by atoms with Crippen molar-refractivity contribution in [3.8, 4) is 0 Å². The first-order valence-corrected chi connectivity index (χ1v) is 11.4. The lowest BCUT2D eigenvalue weighted by molar-refractivity contribution is -0.138. The Kier molecular flexibility index (Phi) is 7.02. The van der Waals surface area contributed by atoms with E-state index in [1.54, 1.807) is 19.1 Å². The van der Waals surface area contributed by atoms with Gasteiger partial charge in [-0.05, 0) is 35.7 Å². The molecule has 0 saturated heterocycles. The number of amidine groups is 1. The molecule has 0 bridgehead atoms. The average Bonchev–Trinajstić information content (AvgIpc) is 2.84. The van der Waals surface area contributed by atoms with Crippen LogP contribution in [0.4, 0.5) is 4.39 Å². The minimum atomic E-state index is -0.498. The molecule has 0 aliphatic carbocycles. The van der Waals surface area contributed by atoms with Gasteiger partial charge in [0.05, 0.1) is 17.9 Å². The van der Waals surface area contributed by atoms with Crippen LogP contribution < -0.4 is 5.32 Å². The molecular weight excluding hydrogens is 423 g/mol. The van der Waals surface area contributed by atoms with Crippen LogP contribution in [0.15, 0.2) is 95.5 Å². The normalized spacial score (nSPS) is 15.7. The quantitative estimate of drug-likeness (QED) is 0.491. The van der Waals surface area contributed by atoms with Crippen molar-refractivity contribution in [2.75, 3.05) is 6.61 Å². The van der Waals surface area contributed by atoms with Crippen LogP contribution in [0, 0.1) is 5.82 Å². The number of aliphatic imine (C=N–C) groups is 1. The molecule has 0 fully saturated rings. The lowest BCUT2D eigenvalue weighted by Gasteiger charge is -2.27. The van der Waals surface area contributed by atoms with Crippen LogP contribution >= 0.6 is 11.8 Å². The highest BCUT2D eigenvalue weighted by Crippen LogP contribution is 2.36. The number of carbonyl (C=O) groups excluding carboxylic acids is 1. The van der Waals surface area contributed by atoms with Crippen LogP contribution in [0.5, 0.6) is 0 Å². The topological polar surface area (TPSA) is 50.7 Å². The van der Waals surface area contributed by atoms with Crippen LogP contribution in [0.25, 0.3) is 5.70 Å². The van der Waals surface area contributed by atoms with Crippen molar-refractivity contribution in [3.05, 3.63) is 113 Å². The molecule has 1 aliphatic rings. The second kappa shape index (κ2) is 10.3. The smallest absolute Gasteiger partial charge is 0.338 e. The SMILES string of the molecule is CCOC(=O)C1=C(c2ccccc2)NC(SCc2ccc(F)cc2)=N[C@@H]1c1ccccc1. The first-order chi connectivity index (χ1) is 15.7. The van der Waals surface area contributed by atoms with E-state index < -0.39 is 6.04 Å². The third-order valence-corrected chi connectivity index (χ3v) is 5.94. The second-order valence-electron chi connectivity index (χ2n) is 7.16. The number of carbonyl (C=O) groups is 1. The number of nitrogens with one attached hydrogen (secondary N) is 1. The first-order valence-electron chi connectivity index (χ1n) is 10.4. The number of nitrogens with zero attached hydrogens (tertiary/aromatic N) is 1. The Morgan fingerprint density at radius 2 is 1.66 bits per heavy atom. The zero-order valence-corrected chi connectivity index (χ0v) is 18.4. The van der Waals surface area contributed by atoms with Crippen LogP contribution in [-0.2, 0) is 15.3 Å². The van der Waals surface area contributed by atoms with Crippen molar-refractivity contribution in [3.63, 3.8) is 0 Å². The zero-order chi connectivity index (χ0) is 22.3. The summed E-state index contributed by atoms with van der Waals surface area (Å²) in [7, 11) is 0. The van der Waals surface area contributed by atoms with Gasteiger partial charge >= 0.3 is 5.97 Å². The van der Waals surface area contributed by atoms with Crippen molar-refractivity contribution in [2.24, 2.45) is 4.99 Å². The van der Waals surface area contributed by atoms with Crippen LogP contribution in [0.1, 0.15) is 29.7 Å². The highest BCUT2D eigenvalue weighted by molar-refractivity contribution is 8.13. The number of hydrogen-bond donors (Lipinski definition) is 1. The summed E-state index contributed by atoms with van der Waals surface area (Å²) in [6.07, 6.45) is 0. The molecule has 0 saturated carbocycles. The number of thioether (sulfide) groups is 1. The van der Waals surface area contributed by atoms with Gasteiger partial charge in [-0.1, -0.05) is 84.6 Å². The molecule has 1 atom stereocenters. The Labute approximate surface area is 191 Å². The molecule has 3 aromatic carbocycles. The molecule has 162 valence electrons. The van der Waals surface area contributed by atoms with Crippen molar-refractivity contribution in [2.45, 2.75) is 18.7 Å². The molecule has 1 aliphatic heterocycles. The fourth-order valence-electron chi connectivity index (χ4n) is 3.46. The third-order valence-electron chi connectivity index (χ3n) is 4.98. The van der Waals surface area contributed by atoms with E-state index in [0.29, 0.717) is 22.2 Å². The Hall–Kier alpha value is -3.38. The molecule has 0 unspecified atom stereocenters. The number of hydrogen-bond acceptors (Lipinski definition) is 5. The zero-order valence-electron chi connectivity index (χ0n) is 17.6. The fourth-order valence-corrected chi connectivity index (χ4v) is 4.31. The second-order valence-corrected chi connectivity index (χ2v) is 8.13. The van der Waals surface area contributed by atoms with Crippen molar-refractivity contribution < 1.29 is 13.9 Å². The van der Waals surface area contributed by atoms with Crippen molar-refractivity contribution in [1.82, 2.24) is 5.32 Å². The average molecular weight is 447 g/mol. The maximum atomic E-state index is 13.2. The Balaban J connectivity index is 1.74. The van der Waals surface area contributed by atoms with Crippen molar-refractivity contribution >= 4 is 28.6 Å². The minimum absolute atomic E-state index is 0.260. The number of rotatable bonds is 6. The number of ether oxygens (including phenoxy) is 1. The number of benzene rings is 3. The van der Waals surface area contributed by atoms with E-state index in [2.05, 4.69) is 5.32 Å². The molecular formula is C26H23FN2O2S. The lowest BCUT2D eigenvalue weighted by Crippen LogP contribution is -2.31. The van der Waals surface area contributed by atoms with Gasteiger partial charge in [-0.3, -0.25) is 0 Å². The van der Waals surface area contributed by atoms with E-state index >= 15 is 0 Å². The van der Waals surface area contributed by atoms with E-state index in [4.69, 9.17) is 9.73 Å². The van der Waals surface area contributed by atoms with Gasteiger partial charge in [-0.15, -0.1) is 0 Å². The molecule has 4 rings (SSSR count). The largest absolute Gasteiger partial charge is 0.463 e.